The van der Waals surface area contributed by atoms with Crippen molar-refractivity contribution in [3.05, 3.63) is 41.2 Å². The van der Waals surface area contributed by atoms with Gasteiger partial charge in [-0.05, 0) is 25.6 Å². The molecule has 0 saturated heterocycles. The van der Waals surface area contributed by atoms with E-state index < -0.39 is 5.97 Å². The highest BCUT2D eigenvalue weighted by atomic mass is 32.2. The maximum Gasteiger partial charge on any atom is 0.358 e. The monoisotopic (exact) mass is 306 g/mol. The van der Waals surface area contributed by atoms with Gasteiger partial charge in [0.1, 0.15) is 0 Å². The number of nitrogens with two attached hydrogens (primary N) is 1. The SMILES string of the molecule is Cc1ccc(SCCn2nnc(C(=O)O)c2CCN)cc1. The van der Waals surface area contributed by atoms with E-state index in [-0.39, 0.29) is 5.69 Å². The molecule has 0 aliphatic carbocycles. The van der Waals surface area contributed by atoms with Gasteiger partial charge in [-0.3, -0.25) is 0 Å². The normalized spacial score (nSPS) is 10.8. The first-order valence-electron chi connectivity index (χ1n) is 6.67. The molecule has 1 aromatic carbocycles. The fraction of sp³-hybridized carbons (Fsp3) is 0.357. The predicted molar refractivity (Wildman–Crippen MR) is 81.6 cm³/mol. The van der Waals surface area contributed by atoms with Crippen molar-refractivity contribution in [2.24, 2.45) is 5.73 Å². The minimum Gasteiger partial charge on any atom is -0.476 e. The van der Waals surface area contributed by atoms with Crippen LogP contribution in [0.5, 0.6) is 0 Å². The molecule has 0 atom stereocenters. The number of carboxylic acids is 1. The third-order valence-electron chi connectivity index (χ3n) is 3.01. The largest absolute Gasteiger partial charge is 0.476 e. The number of aryl methyl sites for hydroxylation is 2. The van der Waals surface area contributed by atoms with Crippen LogP contribution in [0.25, 0.3) is 0 Å². The molecule has 0 aliphatic heterocycles. The van der Waals surface area contributed by atoms with Crippen molar-refractivity contribution in [1.29, 1.82) is 0 Å². The van der Waals surface area contributed by atoms with E-state index in [1.165, 1.54) is 10.5 Å². The van der Waals surface area contributed by atoms with Crippen LogP contribution in [0.2, 0.25) is 0 Å². The van der Waals surface area contributed by atoms with Crippen molar-refractivity contribution in [3.8, 4) is 0 Å². The number of hydrogen-bond acceptors (Lipinski definition) is 5. The molecule has 6 nitrogen and oxygen atoms in total. The van der Waals surface area contributed by atoms with Crippen LogP contribution < -0.4 is 5.73 Å². The summed E-state index contributed by atoms with van der Waals surface area (Å²) in [6.07, 6.45) is 0.462. The van der Waals surface area contributed by atoms with E-state index in [4.69, 9.17) is 10.8 Å². The van der Waals surface area contributed by atoms with Crippen LogP contribution in [0.1, 0.15) is 21.7 Å². The van der Waals surface area contributed by atoms with Crippen molar-refractivity contribution in [3.63, 3.8) is 0 Å². The molecule has 0 saturated carbocycles. The zero-order chi connectivity index (χ0) is 15.2. The second-order valence-corrected chi connectivity index (χ2v) is 5.78. The van der Waals surface area contributed by atoms with E-state index in [0.29, 0.717) is 25.2 Å². The lowest BCUT2D eigenvalue weighted by Gasteiger charge is -2.06. The van der Waals surface area contributed by atoms with Crippen LogP contribution in [0.4, 0.5) is 0 Å². The van der Waals surface area contributed by atoms with Gasteiger partial charge in [0.15, 0.2) is 5.69 Å². The average molecular weight is 306 g/mol. The Bertz CT molecular complexity index is 610. The van der Waals surface area contributed by atoms with Gasteiger partial charge < -0.3 is 10.8 Å². The van der Waals surface area contributed by atoms with Gasteiger partial charge in [0.05, 0.1) is 12.2 Å². The fourth-order valence-electron chi connectivity index (χ4n) is 1.95. The van der Waals surface area contributed by atoms with E-state index in [1.807, 2.05) is 0 Å². The summed E-state index contributed by atoms with van der Waals surface area (Å²) in [6.45, 7) is 3.03. The van der Waals surface area contributed by atoms with Crippen LogP contribution >= 0.6 is 11.8 Å². The molecule has 0 unspecified atom stereocenters. The van der Waals surface area contributed by atoms with Gasteiger partial charge in [0, 0.05) is 17.1 Å². The highest BCUT2D eigenvalue weighted by Crippen LogP contribution is 2.19. The van der Waals surface area contributed by atoms with E-state index in [1.54, 1.807) is 16.4 Å². The third-order valence-corrected chi connectivity index (χ3v) is 4.01. The summed E-state index contributed by atoms with van der Waals surface area (Å²) in [6, 6.07) is 8.29. The Kier molecular flexibility index (Phi) is 5.35. The van der Waals surface area contributed by atoms with Crippen molar-refractivity contribution in [1.82, 2.24) is 15.0 Å². The van der Waals surface area contributed by atoms with Gasteiger partial charge in [0.25, 0.3) is 0 Å². The molecule has 112 valence electrons. The number of benzene rings is 1. The fourth-order valence-corrected chi connectivity index (χ4v) is 2.78. The maximum absolute atomic E-state index is 11.1. The first-order valence-corrected chi connectivity index (χ1v) is 7.65. The van der Waals surface area contributed by atoms with Crippen molar-refractivity contribution >= 4 is 17.7 Å². The van der Waals surface area contributed by atoms with Gasteiger partial charge in [-0.1, -0.05) is 22.9 Å². The summed E-state index contributed by atoms with van der Waals surface area (Å²) in [5.74, 6) is -0.265. The molecule has 0 spiro atoms. The third kappa shape index (κ3) is 4.05. The number of aromatic carboxylic acids is 1. The quantitative estimate of drug-likeness (QED) is 0.754. The number of rotatable bonds is 7. The molecule has 21 heavy (non-hydrogen) atoms. The van der Waals surface area contributed by atoms with Gasteiger partial charge in [-0.25, -0.2) is 9.48 Å². The highest BCUT2D eigenvalue weighted by molar-refractivity contribution is 7.99. The van der Waals surface area contributed by atoms with E-state index in [2.05, 4.69) is 41.5 Å². The van der Waals surface area contributed by atoms with E-state index in [9.17, 15) is 4.79 Å². The molecule has 0 fully saturated rings. The second kappa shape index (κ2) is 7.24. The second-order valence-electron chi connectivity index (χ2n) is 4.61. The molecule has 2 aromatic rings. The van der Waals surface area contributed by atoms with Crippen molar-refractivity contribution < 1.29 is 9.90 Å². The lowest BCUT2D eigenvalue weighted by atomic mass is 10.2. The Hall–Kier alpha value is -1.86. The van der Waals surface area contributed by atoms with Gasteiger partial charge in [0.2, 0.25) is 0 Å². The van der Waals surface area contributed by atoms with Crippen molar-refractivity contribution in [2.75, 3.05) is 12.3 Å². The van der Waals surface area contributed by atoms with Crippen LogP contribution in [0.3, 0.4) is 0 Å². The Morgan fingerprint density at radius 2 is 2.10 bits per heavy atom. The number of hydrogen-bond donors (Lipinski definition) is 2. The average Bonchev–Trinajstić information content (AvgIpc) is 2.85. The number of aromatic nitrogens is 3. The van der Waals surface area contributed by atoms with Crippen LogP contribution in [0, 0.1) is 6.92 Å². The zero-order valence-electron chi connectivity index (χ0n) is 11.8. The molecule has 7 heteroatoms. The number of nitrogens with zero attached hydrogens (tertiary/aromatic N) is 3. The molecular formula is C14H18N4O2S. The van der Waals surface area contributed by atoms with Gasteiger partial charge >= 0.3 is 5.97 Å². The molecule has 0 radical (unpaired) electrons. The lowest BCUT2D eigenvalue weighted by Crippen LogP contribution is -2.14. The highest BCUT2D eigenvalue weighted by Gasteiger charge is 2.17. The minimum absolute atomic E-state index is 0.000728. The standard InChI is InChI=1S/C14H18N4O2S/c1-10-2-4-11(5-3-10)21-9-8-18-12(6-7-15)13(14(19)20)16-17-18/h2-5H,6-9,15H2,1H3,(H,19,20). The molecule has 0 amide bonds. The topological polar surface area (TPSA) is 94.0 Å². The maximum atomic E-state index is 11.1. The Balaban J connectivity index is 1.99. The summed E-state index contributed by atoms with van der Waals surface area (Å²) in [4.78, 5) is 12.3. The summed E-state index contributed by atoms with van der Waals surface area (Å²) in [7, 11) is 0. The molecule has 3 N–H and O–H groups in total. The molecule has 1 heterocycles. The Morgan fingerprint density at radius 1 is 1.38 bits per heavy atom. The lowest BCUT2D eigenvalue weighted by molar-refractivity contribution is 0.0689. The molecule has 1 aromatic heterocycles. The summed E-state index contributed by atoms with van der Waals surface area (Å²) in [5.41, 5.74) is 7.35. The summed E-state index contributed by atoms with van der Waals surface area (Å²) in [5, 5.41) is 16.7. The molecule has 2 rings (SSSR count). The van der Waals surface area contributed by atoms with Crippen LogP contribution in [0.15, 0.2) is 29.2 Å². The summed E-state index contributed by atoms with van der Waals surface area (Å²) < 4.78 is 1.64. The first-order chi connectivity index (χ1) is 10.1. The van der Waals surface area contributed by atoms with E-state index in [0.717, 1.165) is 5.75 Å². The minimum atomic E-state index is -1.06. The van der Waals surface area contributed by atoms with Crippen molar-refractivity contribution in [2.45, 2.75) is 24.8 Å². The Morgan fingerprint density at radius 3 is 2.71 bits per heavy atom. The van der Waals surface area contributed by atoms with Gasteiger partial charge in [-0.15, -0.1) is 16.9 Å². The number of carbonyl (C=O) groups is 1. The Labute approximate surface area is 127 Å². The molecule has 0 aliphatic rings. The zero-order valence-corrected chi connectivity index (χ0v) is 12.6. The van der Waals surface area contributed by atoms with E-state index >= 15 is 0 Å². The van der Waals surface area contributed by atoms with Gasteiger partial charge in [-0.2, -0.15) is 0 Å². The summed E-state index contributed by atoms with van der Waals surface area (Å²) >= 11 is 1.70. The molecular weight excluding hydrogens is 288 g/mol. The number of carboxylic acid groups (broad SMARTS) is 1. The number of thioether (sulfide) groups is 1. The van der Waals surface area contributed by atoms with Crippen LogP contribution in [-0.2, 0) is 13.0 Å². The predicted octanol–water partition coefficient (Wildman–Crippen LogP) is 1.58. The van der Waals surface area contributed by atoms with Crippen LogP contribution in [-0.4, -0.2) is 38.4 Å². The molecule has 0 bridgehead atoms. The first kappa shape index (κ1) is 15.5. The smallest absolute Gasteiger partial charge is 0.358 e.